The van der Waals surface area contributed by atoms with Gasteiger partial charge in [0.1, 0.15) is 5.82 Å². The second-order valence-electron chi connectivity index (χ2n) is 4.78. The van der Waals surface area contributed by atoms with Crippen molar-refractivity contribution in [2.75, 3.05) is 5.73 Å². The first-order valence-corrected chi connectivity index (χ1v) is 6.38. The van der Waals surface area contributed by atoms with Gasteiger partial charge in [0.25, 0.3) is 0 Å². The fourth-order valence-corrected chi connectivity index (χ4v) is 2.48. The molecular weight excluding hydrogens is 226 g/mol. The fraction of sp³-hybridized carbons (Fsp3) is 0.462. The summed E-state index contributed by atoms with van der Waals surface area (Å²) in [5, 5.41) is 0. The van der Waals surface area contributed by atoms with Crippen molar-refractivity contribution in [1.82, 2.24) is 19.5 Å². The molecule has 1 aliphatic carbocycles. The lowest BCUT2D eigenvalue weighted by molar-refractivity contribution is 0.709. The van der Waals surface area contributed by atoms with Crippen LogP contribution in [-0.4, -0.2) is 19.5 Å². The van der Waals surface area contributed by atoms with E-state index in [-0.39, 0.29) is 0 Å². The highest BCUT2D eigenvalue weighted by Gasteiger charge is 2.17. The quantitative estimate of drug-likeness (QED) is 0.774. The van der Waals surface area contributed by atoms with Crippen LogP contribution in [-0.2, 0) is 19.9 Å². The Bertz CT molecular complexity index is 573. The maximum Gasteiger partial charge on any atom is 0.198 e. The van der Waals surface area contributed by atoms with Gasteiger partial charge in [-0.25, -0.2) is 15.0 Å². The minimum absolute atomic E-state index is 0.625. The average Bonchev–Trinajstić information content (AvgIpc) is 2.63. The molecular formula is C13H17N5. The topological polar surface area (TPSA) is 69.6 Å². The third kappa shape index (κ3) is 1.85. The van der Waals surface area contributed by atoms with Gasteiger partial charge in [-0.2, -0.15) is 0 Å². The Morgan fingerprint density at radius 2 is 2.00 bits per heavy atom. The van der Waals surface area contributed by atoms with Gasteiger partial charge in [0, 0.05) is 30.7 Å². The maximum atomic E-state index is 6.08. The van der Waals surface area contributed by atoms with E-state index in [0.29, 0.717) is 11.6 Å². The molecule has 0 bridgehead atoms. The molecule has 0 radical (unpaired) electrons. The number of nitrogens with two attached hydrogens (primary N) is 1. The molecule has 5 nitrogen and oxygen atoms in total. The Morgan fingerprint density at radius 3 is 2.78 bits per heavy atom. The highest BCUT2D eigenvalue weighted by molar-refractivity contribution is 5.52. The molecule has 0 aliphatic heterocycles. The minimum atomic E-state index is 0.625. The second-order valence-corrected chi connectivity index (χ2v) is 4.78. The van der Waals surface area contributed by atoms with Crippen LogP contribution in [0.2, 0.25) is 0 Å². The molecule has 2 aromatic rings. The predicted molar refractivity (Wildman–Crippen MR) is 69.9 cm³/mol. The van der Waals surface area contributed by atoms with Crippen LogP contribution in [0.15, 0.2) is 12.4 Å². The van der Waals surface area contributed by atoms with Crippen LogP contribution in [0, 0.1) is 0 Å². The van der Waals surface area contributed by atoms with Gasteiger partial charge in [0.2, 0.25) is 0 Å². The van der Waals surface area contributed by atoms with Crippen LogP contribution in [0.5, 0.6) is 0 Å². The summed E-state index contributed by atoms with van der Waals surface area (Å²) in [5.41, 5.74) is 8.33. The summed E-state index contributed by atoms with van der Waals surface area (Å²) in [6, 6.07) is 0. The van der Waals surface area contributed by atoms with Gasteiger partial charge in [0.15, 0.2) is 11.6 Å². The summed E-state index contributed by atoms with van der Waals surface area (Å²) in [5.74, 6) is 2.04. The molecule has 0 unspecified atom stereocenters. The summed E-state index contributed by atoms with van der Waals surface area (Å²) in [7, 11) is 1.94. The van der Waals surface area contributed by atoms with Crippen molar-refractivity contribution in [3.8, 4) is 11.6 Å². The first-order valence-electron chi connectivity index (χ1n) is 6.38. The number of hydrogen-bond donors (Lipinski definition) is 1. The highest BCUT2D eigenvalue weighted by atomic mass is 15.1. The summed E-state index contributed by atoms with van der Waals surface area (Å²) in [6.07, 6.45) is 9.25. The van der Waals surface area contributed by atoms with Crippen molar-refractivity contribution in [2.45, 2.75) is 32.1 Å². The number of nitrogens with zero attached hydrogens (tertiary/aromatic N) is 4. The fourth-order valence-electron chi connectivity index (χ4n) is 2.48. The molecule has 0 amide bonds. The lowest BCUT2D eigenvalue weighted by atomic mass is 10.1. The molecule has 0 saturated heterocycles. The zero-order valence-electron chi connectivity index (χ0n) is 10.6. The van der Waals surface area contributed by atoms with E-state index in [9.17, 15) is 0 Å². The number of nitrogen functional groups attached to an aromatic ring is 1. The lowest BCUT2D eigenvalue weighted by Crippen LogP contribution is -2.08. The van der Waals surface area contributed by atoms with Gasteiger partial charge in [-0.05, 0) is 25.7 Å². The molecule has 0 atom stereocenters. The van der Waals surface area contributed by atoms with Crippen LogP contribution >= 0.6 is 0 Å². The van der Waals surface area contributed by atoms with Crippen LogP contribution in [0.4, 0.5) is 5.82 Å². The lowest BCUT2D eigenvalue weighted by Gasteiger charge is -2.10. The van der Waals surface area contributed by atoms with Gasteiger partial charge in [-0.15, -0.1) is 0 Å². The summed E-state index contributed by atoms with van der Waals surface area (Å²) >= 11 is 0. The largest absolute Gasteiger partial charge is 0.383 e. The average molecular weight is 243 g/mol. The van der Waals surface area contributed by atoms with Crippen LogP contribution < -0.4 is 5.73 Å². The van der Waals surface area contributed by atoms with Gasteiger partial charge in [-0.3, -0.25) is 0 Å². The smallest absolute Gasteiger partial charge is 0.198 e. The Balaban J connectivity index is 2.11. The van der Waals surface area contributed by atoms with E-state index >= 15 is 0 Å². The van der Waals surface area contributed by atoms with E-state index in [2.05, 4.69) is 15.0 Å². The van der Waals surface area contributed by atoms with Crippen LogP contribution in [0.3, 0.4) is 0 Å². The molecule has 2 N–H and O–H groups in total. The van der Waals surface area contributed by atoms with Crippen molar-refractivity contribution in [3.05, 3.63) is 23.7 Å². The molecule has 94 valence electrons. The molecule has 1 aliphatic rings. The second kappa shape index (κ2) is 4.40. The van der Waals surface area contributed by atoms with Gasteiger partial charge < -0.3 is 10.3 Å². The van der Waals surface area contributed by atoms with E-state index in [1.54, 1.807) is 6.20 Å². The van der Waals surface area contributed by atoms with Crippen molar-refractivity contribution in [1.29, 1.82) is 0 Å². The molecule has 0 aromatic carbocycles. The zero-order chi connectivity index (χ0) is 12.5. The van der Waals surface area contributed by atoms with Gasteiger partial charge >= 0.3 is 0 Å². The standard InChI is InChI=1S/C13H17N5/c1-18-8-7-15-13(18)12-16-10-6-4-2-3-5-9(10)11(14)17-12/h7-8H,2-6H2,1H3,(H2,14,16,17). The minimum Gasteiger partial charge on any atom is -0.383 e. The predicted octanol–water partition coefficient (Wildman–Crippen LogP) is 1.73. The summed E-state index contributed by atoms with van der Waals surface area (Å²) in [4.78, 5) is 13.4. The number of imidazole rings is 1. The van der Waals surface area contributed by atoms with E-state index in [1.807, 2.05) is 17.8 Å². The number of hydrogen-bond acceptors (Lipinski definition) is 4. The van der Waals surface area contributed by atoms with Gasteiger partial charge in [-0.1, -0.05) is 6.42 Å². The van der Waals surface area contributed by atoms with E-state index in [4.69, 9.17) is 5.73 Å². The molecule has 2 aromatic heterocycles. The Morgan fingerprint density at radius 1 is 1.17 bits per heavy atom. The molecule has 3 rings (SSSR count). The molecule has 18 heavy (non-hydrogen) atoms. The molecule has 2 heterocycles. The number of rotatable bonds is 1. The van der Waals surface area contributed by atoms with E-state index in [0.717, 1.165) is 29.9 Å². The van der Waals surface area contributed by atoms with Crippen LogP contribution in [0.1, 0.15) is 30.5 Å². The summed E-state index contributed by atoms with van der Waals surface area (Å²) in [6.45, 7) is 0. The van der Waals surface area contributed by atoms with E-state index in [1.165, 1.54) is 19.3 Å². The zero-order valence-corrected chi connectivity index (χ0v) is 10.6. The molecule has 5 heteroatoms. The SMILES string of the molecule is Cn1ccnc1-c1nc(N)c2c(n1)CCCCC2. The van der Waals surface area contributed by atoms with Crippen molar-refractivity contribution in [2.24, 2.45) is 7.05 Å². The van der Waals surface area contributed by atoms with Crippen LogP contribution in [0.25, 0.3) is 11.6 Å². The van der Waals surface area contributed by atoms with Crippen molar-refractivity contribution >= 4 is 5.82 Å². The number of anilines is 1. The van der Waals surface area contributed by atoms with Crippen molar-refractivity contribution < 1.29 is 0 Å². The molecule has 0 fully saturated rings. The first-order chi connectivity index (χ1) is 8.75. The first kappa shape index (κ1) is 11.2. The normalized spacial score (nSPS) is 15.2. The number of fused-ring (bicyclic) bond motifs is 1. The highest BCUT2D eigenvalue weighted by Crippen LogP contribution is 2.25. The number of aryl methyl sites for hydroxylation is 2. The van der Waals surface area contributed by atoms with Crippen molar-refractivity contribution in [3.63, 3.8) is 0 Å². The van der Waals surface area contributed by atoms with E-state index < -0.39 is 0 Å². The third-order valence-corrected chi connectivity index (χ3v) is 3.49. The monoisotopic (exact) mass is 243 g/mol. The Labute approximate surface area is 106 Å². The Hall–Kier alpha value is -1.91. The van der Waals surface area contributed by atoms with Gasteiger partial charge in [0.05, 0.1) is 0 Å². The summed E-state index contributed by atoms with van der Waals surface area (Å²) < 4.78 is 1.91. The molecule has 0 spiro atoms. The third-order valence-electron chi connectivity index (χ3n) is 3.49. The number of aromatic nitrogens is 4. The Kier molecular flexibility index (Phi) is 2.74. The maximum absolute atomic E-state index is 6.08. The molecule has 0 saturated carbocycles.